The smallest absolute Gasteiger partial charge is 0.119 e. The van der Waals surface area contributed by atoms with Gasteiger partial charge in [-0.2, -0.15) is 0 Å². The van der Waals surface area contributed by atoms with Crippen molar-refractivity contribution in [2.45, 2.75) is 32.0 Å². The van der Waals surface area contributed by atoms with Gasteiger partial charge in [-0.05, 0) is 95.4 Å². The summed E-state index contributed by atoms with van der Waals surface area (Å²) in [6, 6.07) is 36.2. The fourth-order valence-electron chi connectivity index (χ4n) is 5.87. The van der Waals surface area contributed by atoms with E-state index in [1.165, 1.54) is 19.3 Å². The van der Waals surface area contributed by atoms with E-state index in [-0.39, 0.29) is 0 Å². The first-order valence-electron chi connectivity index (χ1n) is 15.2. The molecule has 5 heteroatoms. The SMILES string of the molecule is COc1ccc2c(C(O)c3ccc(OCCN4CCCCC4)cc3)c(-c3ccc(OCc4ccccc4)cc3)ccc2c1. The summed E-state index contributed by atoms with van der Waals surface area (Å²) in [5, 5.41) is 13.9. The Hall–Kier alpha value is -4.32. The first kappa shape index (κ1) is 28.8. The van der Waals surface area contributed by atoms with Crippen molar-refractivity contribution >= 4 is 10.8 Å². The second-order valence-corrected chi connectivity index (χ2v) is 11.1. The highest BCUT2D eigenvalue weighted by molar-refractivity contribution is 5.93. The average Bonchev–Trinajstić information content (AvgIpc) is 3.08. The van der Waals surface area contributed by atoms with Crippen LogP contribution in [0, 0.1) is 0 Å². The van der Waals surface area contributed by atoms with Gasteiger partial charge in [0.05, 0.1) is 7.11 Å². The van der Waals surface area contributed by atoms with E-state index in [0.717, 1.165) is 75.5 Å². The third kappa shape index (κ3) is 7.02. The van der Waals surface area contributed by atoms with E-state index in [0.29, 0.717) is 13.2 Å². The fourth-order valence-corrected chi connectivity index (χ4v) is 5.87. The maximum Gasteiger partial charge on any atom is 0.119 e. The molecule has 0 aromatic heterocycles. The Morgan fingerprint density at radius 1 is 0.721 bits per heavy atom. The molecule has 1 unspecified atom stereocenters. The van der Waals surface area contributed by atoms with Gasteiger partial charge < -0.3 is 19.3 Å². The highest BCUT2D eigenvalue weighted by Crippen LogP contribution is 2.39. The summed E-state index contributed by atoms with van der Waals surface area (Å²) >= 11 is 0. The minimum absolute atomic E-state index is 0.514. The van der Waals surface area contributed by atoms with Gasteiger partial charge in [0.15, 0.2) is 0 Å². The first-order valence-corrected chi connectivity index (χ1v) is 15.2. The Bertz CT molecular complexity index is 1610. The van der Waals surface area contributed by atoms with Gasteiger partial charge in [0, 0.05) is 12.1 Å². The molecule has 6 rings (SSSR count). The molecule has 220 valence electrons. The van der Waals surface area contributed by atoms with Crippen molar-refractivity contribution < 1.29 is 19.3 Å². The summed E-state index contributed by atoms with van der Waals surface area (Å²) in [5.41, 5.74) is 4.78. The molecule has 5 aromatic carbocycles. The lowest BCUT2D eigenvalue weighted by molar-refractivity contribution is 0.183. The van der Waals surface area contributed by atoms with Crippen LogP contribution in [0.2, 0.25) is 0 Å². The van der Waals surface area contributed by atoms with Crippen LogP contribution >= 0.6 is 0 Å². The Morgan fingerprint density at radius 3 is 2.16 bits per heavy atom. The molecule has 1 saturated heterocycles. The van der Waals surface area contributed by atoms with Crippen LogP contribution in [0.5, 0.6) is 17.2 Å². The van der Waals surface area contributed by atoms with Gasteiger partial charge >= 0.3 is 0 Å². The normalized spacial score (nSPS) is 14.4. The van der Waals surface area contributed by atoms with E-state index in [4.69, 9.17) is 14.2 Å². The minimum Gasteiger partial charge on any atom is -0.497 e. The van der Waals surface area contributed by atoms with Gasteiger partial charge in [-0.1, -0.05) is 79.2 Å². The van der Waals surface area contributed by atoms with Crippen LogP contribution in [0.4, 0.5) is 0 Å². The summed E-state index contributed by atoms with van der Waals surface area (Å²) < 4.78 is 17.6. The van der Waals surface area contributed by atoms with Gasteiger partial charge in [-0.25, -0.2) is 0 Å². The Morgan fingerprint density at radius 2 is 1.42 bits per heavy atom. The van der Waals surface area contributed by atoms with Crippen LogP contribution in [-0.2, 0) is 6.61 Å². The maximum absolute atomic E-state index is 11.9. The lowest BCUT2D eigenvalue weighted by atomic mass is 9.88. The molecular weight excluding hydrogens is 534 g/mol. The van der Waals surface area contributed by atoms with Gasteiger partial charge in [-0.15, -0.1) is 0 Å². The molecule has 0 aliphatic carbocycles. The molecule has 43 heavy (non-hydrogen) atoms. The molecule has 0 bridgehead atoms. The molecule has 0 radical (unpaired) electrons. The van der Waals surface area contributed by atoms with Gasteiger partial charge in [0.1, 0.15) is 36.6 Å². The first-order chi connectivity index (χ1) is 21.2. The molecular formula is C38H39NO4. The highest BCUT2D eigenvalue weighted by atomic mass is 16.5. The number of nitrogens with zero attached hydrogens (tertiary/aromatic N) is 1. The Labute approximate surface area is 254 Å². The van der Waals surface area contributed by atoms with E-state index in [2.05, 4.69) is 41.3 Å². The predicted molar refractivity (Wildman–Crippen MR) is 173 cm³/mol. The summed E-state index contributed by atoms with van der Waals surface area (Å²) in [6.07, 6.45) is 3.06. The lowest BCUT2D eigenvalue weighted by Crippen LogP contribution is -2.33. The number of aliphatic hydroxyl groups excluding tert-OH is 1. The molecule has 1 atom stereocenters. The van der Waals surface area contributed by atoms with E-state index < -0.39 is 6.10 Å². The van der Waals surface area contributed by atoms with Crippen LogP contribution in [0.15, 0.2) is 109 Å². The number of rotatable bonds is 11. The number of hydrogen-bond donors (Lipinski definition) is 1. The number of benzene rings is 5. The zero-order valence-electron chi connectivity index (χ0n) is 24.7. The maximum atomic E-state index is 11.9. The molecule has 0 amide bonds. The van der Waals surface area contributed by atoms with Crippen molar-refractivity contribution in [3.8, 4) is 28.4 Å². The molecule has 0 saturated carbocycles. The van der Waals surface area contributed by atoms with E-state index in [1.54, 1.807) is 7.11 Å². The largest absolute Gasteiger partial charge is 0.497 e. The number of hydrogen-bond acceptors (Lipinski definition) is 5. The molecule has 1 aliphatic rings. The zero-order chi connectivity index (χ0) is 29.4. The van der Waals surface area contributed by atoms with Gasteiger partial charge in [0.25, 0.3) is 0 Å². The minimum atomic E-state index is -0.830. The summed E-state index contributed by atoms with van der Waals surface area (Å²) in [7, 11) is 1.67. The summed E-state index contributed by atoms with van der Waals surface area (Å²) in [6.45, 7) is 4.46. The van der Waals surface area contributed by atoms with Crippen molar-refractivity contribution in [3.63, 3.8) is 0 Å². The van der Waals surface area contributed by atoms with Crippen LogP contribution in [0.1, 0.15) is 42.1 Å². The predicted octanol–water partition coefficient (Wildman–Crippen LogP) is 8.04. The van der Waals surface area contributed by atoms with Crippen molar-refractivity contribution in [1.82, 2.24) is 4.90 Å². The van der Waals surface area contributed by atoms with Gasteiger partial charge in [-0.3, -0.25) is 4.90 Å². The topological polar surface area (TPSA) is 51.2 Å². The highest BCUT2D eigenvalue weighted by Gasteiger charge is 2.20. The monoisotopic (exact) mass is 573 g/mol. The fraction of sp³-hybridized carbons (Fsp3) is 0.263. The molecule has 0 spiro atoms. The van der Waals surface area contributed by atoms with Crippen LogP contribution in [-0.4, -0.2) is 43.4 Å². The number of likely N-dealkylation sites (tertiary alicyclic amines) is 1. The molecule has 1 heterocycles. The standard InChI is InChI=1S/C38H39NO4/c1-41-34-19-21-36-31(26-34)14-20-35(29-10-15-33(16-11-29)43-27-28-8-4-2-5-9-28)37(36)38(40)30-12-17-32(18-13-30)42-25-24-39-22-6-3-7-23-39/h2,4-5,8-21,26,38,40H,3,6-7,22-25,27H2,1H3. The Balaban J connectivity index is 1.24. The number of aliphatic hydroxyl groups is 1. The van der Waals surface area contributed by atoms with E-state index in [1.807, 2.05) is 72.8 Å². The lowest BCUT2D eigenvalue weighted by Gasteiger charge is -2.26. The summed E-state index contributed by atoms with van der Waals surface area (Å²) in [4.78, 5) is 2.47. The van der Waals surface area contributed by atoms with Crippen LogP contribution < -0.4 is 14.2 Å². The zero-order valence-corrected chi connectivity index (χ0v) is 24.7. The quantitative estimate of drug-likeness (QED) is 0.173. The van der Waals surface area contributed by atoms with E-state index >= 15 is 0 Å². The number of piperidine rings is 1. The summed E-state index contributed by atoms with van der Waals surface area (Å²) in [5.74, 6) is 2.41. The third-order valence-electron chi connectivity index (χ3n) is 8.28. The molecule has 5 nitrogen and oxygen atoms in total. The number of methoxy groups -OCH3 is 1. The molecule has 1 N–H and O–H groups in total. The average molecular weight is 574 g/mol. The molecule has 1 aliphatic heterocycles. The van der Waals surface area contributed by atoms with Crippen molar-refractivity contribution in [1.29, 1.82) is 0 Å². The number of ether oxygens (including phenoxy) is 3. The van der Waals surface area contributed by atoms with Gasteiger partial charge in [0.2, 0.25) is 0 Å². The molecule has 5 aromatic rings. The number of fused-ring (bicyclic) bond motifs is 1. The van der Waals surface area contributed by atoms with Crippen molar-refractivity contribution in [2.75, 3.05) is 33.4 Å². The third-order valence-corrected chi connectivity index (χ3v) is 8.28. The second-order valence-electron chi connectivity index (χ2n) is 11.1. The van der Waals surface area contributed by atoms with Crippen LogP contribution in [0.3, 0.4) is 0 Å². The Kier molecular flexibility index (Phi) is 9.22. The molecule has 1 fully saturated rings. The van der Waals surface area contributed by atoms with Crippen molar-refractivity contribution in [2.24, 2.45) is 0 Å². The van der Waals surface area contributed by atoms with Crippen molar-refractivity contribution in [3.05, 3.63) is 126 Å². The second kappa shape index (κ2) is 13.8. The van der Waals surface area contributed by atoms with E-state index in [9.17, 15) is 5.11 Å². The van der Waals surface area contributed by atoms with Crippen LogP contribution in [0.25, 0.3) is 21.9 Å².